The van der Waals surface area contributed by atoms with E-state index in [0.29, 0.717) is 18.8 Å². The van der Waals surface area contributed by atoms with E-state index in [9.17, 15) is 18.0 Å². The van der Waals surface area contributed by atoms with Crippen LogP contribution in [0.1, 0.15) is 35.9 Å². The minimum Gasteiger partial charge on any atom is -0.495 e. The fraction of sp³-hybridized carbons (Fsp3) is 0.417. The van der Waals surface area contributed by atoms with E-state index in [1.807, 2.05) is 12.1 Å². The Morgan fingerprint density at radius 3 is 2.64 bits per heavy atom. The van der Waals surface area contributed by atoms with Crippen molar-refractivity contribution in [1.29, 1.82) is 0 Å². The summed E-state index contributed by atoms with van der Waals surface area (Å²) in [6.07, 6.45) is -2.85. The number of aryl methyl sites for hydroxylation is 1. The molecule has 1 aromatic carbocycles. The number of carboxylic acid groups (broad SMARTS) is 1. The zero-order valence-electron chi connectivity index (χ0n) is 18.4. The number of aliphatic carboxylic acids is 1. The van der Waals surface area contributed by atoms with Gasteiger partial charge in [0, 0.05) is 19.6 Å². The molecule has 0 bridgehead atoms. The number of fused-ring (bicyclic) bond motifs is 1. The number of nitrogens with zero attached hydrogens (tertiary/aromatic N) is 2. The molecule has 33 heavy (non-hydrogen) atoms. The maximum atomic E-state index is 13.0. The Labute approximate surface area is 189 Å². The number of benzene rings is 1. The number of carboxylic acids is 1. The highest BCUT2D eigenvalue weighted by Crippen LogP contribution is 2.35. The van der Waals surface area contributed by atoms with Crippen LogP contribution >= 0.6 is 0 Å². The third-order valence-electron chi connectivity index (χ3n) is 6.25. The normalized spacial score (nSPS) is 16.9. The first kappa shape index (κ1) is 23.1. The van der Waals surface area contributed by atoms with E-state index in [2.05, 4.69) is 16.8 Å². The lowest BCUT2D eigenvalue weighted by Gasteiger charge is -2.38. The highest BCUT2D eigenvalue weighted by atomic mass is 19.4. The topological polar surface area (TPSA) is 71.9 Å². The number of methoxy groups -OCH3 is 1. The number of ether oxygens (including phenoxy) is 2. The standard InChI is InChI=1S/C24H25F3N2O4/c1-14-16(10-29-11-17(12-29)23(30)31)4-3-15-9-18(5-6-19(14)15)33-13-20-21(32-2)7-8-22(28-20)24(25,26)27/h5-9,17H,3-4,10-13H2,1-2H3,(H,30,31). The van der Waals surface area contributed by atoms with Gasteiger partial charge in [-0.25, -0.2) is 4.98 Å². The molecule has 1 aliphatic heterocycles. The fourth-order valence-electron chi connectivity index (χ4n) is 4.31. The first-order valence-electron chi connectivity index (χ1n) is 10.7. The molecule has 0 saturated carbocycles. The van der Waals surface area contributed by atoms with Crippen molar-refractivity contribution in [3.63, 3.8) is 0 Å². The smallest absolute Gasteiger partial charge is 0.433 e. The summed E-state index contributed by atoms with van der Waals surface area (Å²) in [5.74, 6) is -0.221. The summed E-state index contributed by atoms with van der Waals surface area (Å²) >= 11 is 0. The van der Waals surface area contributed by atoms with Crippen molar-refractivity contribution in [2.24, 2.45) is 5.92 Å². The van der Waals surface area contributed by atoms with Crippen LogP contribution in [0.15, 0.2) is 35.9 Å². The van der Waals surface area contributed by atoms with Crippen LogP contribution in [0.25, 0.3) is 5.57 Å². The minimum atomic E-state index is -4.54. The number of rotatable bonds is 7. The van der Waals surface area contributed by atoms with E-state index >= 15 is 0 Å². The number of aromatic nitrogens is 1. The molecule has 1 aromatic heterocycles. The second-order valence-corrected chi connectivity index (χ2v) is 8.41. The Hall–Kier alpha value is -3.07. The van der Waals surface area contributed by atoms with Gasteiger partial charge in [0.2, 0.25) is 0 Å². The van der Waals surface area contributed by atoms with E-state index in [0.717, 1.165) is 36.6 Å². The van der Waals surface area contributed by atoms with Gasteiger partial charge in [0.25, 0.3) is 0 Å². The van der Waals surface area contributed by atoms with Crippen LogP contribution in [-0.2, 0) is 24.0 Å². The molecule has 176 valence electrons. The average molecular weight is 462 g/mol. The van der Waals surface area contributed by atoms with Crippen molar-refractivity contribution in [3.8, 4) is 11.5 Å². The summed E-state index contributed by atoms with van der Waals surface area (Å²) in [6.45, 7) is 3.86. The van der Waals surface area contributed by atoms with E-state index in [4.69, 9.17) is 14.6 Å². The maximum Gasteiger partial charge on any atom is 0.433 e. The van der Waals surface area contributed by atoms with Gasteiger partial charge in [-0.15, -0.1) is 0 Å². The summed E-state index contributed by atoms with van der Waals surface area (Å²) < 4.78 is 49.9. The zero-order chi connectivity index (χ0) is 23.8. The van der Waals surface area contributed by atoms with E-state index < -0.39 is 17.8 Å². The number of pyridine rings is 1. The summed E-state index contributed by atoms with van der Waals surface area (Å²) in [5, 5.41) is 9.05. The Balaban J connectivity index is 1.45. The lowest BCUT2D eigenvalue weighted by atomic mass is 9.85. The average Bonchev–Trinajstić information content (AvgIpc) is 2.74. The number of hydrogen-bond donors (Lipinski definition) is 1. The molecule has 0 atom stereocenters. The Morgan fingerprint density at radius 2 is 1.97 bits per heavy atom. The van der Waals surface area contributed by atoms with Gasteiger partial charge < -0.3 is 14.6 Å². The van der Waals surface area contributed by atoms with Crippen molar-refractivity contribution >= 4 is 11.5 Å². The first-order valence-corrected chi connectivity index (χ1v) is 10.7. The van der Waals surface area contributed by atoms with Gasteiger partial charge in [-0.1, -0.05) is 11.6 Å². The SMILES string of the molecule is COc1ccc(C(F)(F)F)nc1COc1ccc2c(c1)CCC(CN1CC(C(=O)O)C1)=C2C. The van der Waals surface area contributed by atoms with Crippen molar-refractivity contribution in [3.05, 3.63) is 58.4 Å². The molecule has 1 saturated heterocycles. The number of likely N-dealkylation sites (tertiary alicyclic amines) is 1. The van der Waals surface area contributed by atoms with Crippen LogP contribution in [0.3, 0.4) is 0 Å². The van der Waals surface area contributed by atoms with Crippen molar-refractivity contribution in [1.82, 2.24) is 9.88 Å². The van der Waals surface area contributed by atoms with Gasteiger partial charge in [-0.3, -0.25) is 9.69 Å². The predicted molar refractivity (Wildman–Crippen MR) is 115 cm³/mol. The molecular formula is C24H25F3N2O4. The summed E-state index contributed by atoms with van der Waals surface area (Å²) in [7, 11) is 1.38. The van der Waals surface area contributed by atoms with Crippen LogP contribution in [-0.4, -0.2) is 47.7 Å². The van der Waals surface area contributed by atoms with E-state index in [1.54, 1.807) is 6.07 Å². The summed E-state index contributed by atoms with van der Waals surface area (Å²) in [5.41, 5.74) is 3.81. The van der Waals surface area contributed by atoms with E-state index in [-0.39, 0.29) is 24.0 Å². The third-order valence-corrected chi connectivity index (χ3v) is 6.25. The van der Waals surface area contributed by atoms with Crippen LogP contribution in [0.2, 0.25) is 0 Å². The quantitative estimate of drug-likeness (QED) is 0.657. The van der Waals surface area contributed by atoms with Crippen molar-refractivity contribution in [2.45, 2.75) is 32.5 Å². The summed E-state index contributed by atoms with van der Waals surface area (Å²) in [4.78, 5) is 16.8. The lowest BCUT2D eigenvalue weighted by Crippen LogP contribution is -2.50. The molecule has 0 unspecified atom stereocenters. The molecule has 2 aromatic rings. The highest BCUT2D eigenvalue weighted by molar-refractivity contribution is 5.73. The molecule has 0 amide bonds. The maximum absolute atomic E-state index is 13.0. The second kappa shape index (κ2) is 9.05. The second-order valence-electron chi connectivity index (χ2n) is 8.41. The Kier molecular flexibility index (Phi) is 6.34. The highest BCUT2D eigenvalue weighted by Gasteiger charge is 2.34. The molecular weight excluding hydrogens is 437 g/mol. The van der Waals surface area contributed by atoms with Gasteiger partial charge in [0.1, 0.15) is 29.5 Å². The number of alkyl halides is 3. The largest absolute Gasteiger partial charge is 0.495 e. The first-order chi connectivity index (χ1) is 15.7. The van der Waals surface area contributed by atoms with Crippen molar-refractivity contribution in [2.75, 3.05) is 26.7 Å². The molecule has 2 heterocycles. The molecule has 2 aliphatic rings. The van der Waals surface area contributed by atoms with Gasteiger partial charge in [-0.2, -0.15) is 13.2 Å². The number of halogens is 3. The zero-order valence-corrected chi connectivity index (χ0v) is 18.4. The van der Waals surface area contributed by atoms with Gasteiger partial charge in [0.15, 0.2) is 0 Å². The van der Waals surface area contributed by atoms with Crippen LogP contribution < -0.4 is 9.47 Å². The van der Waals surface area contributed by atoms with Crippen molar-refractivity contribution < 1.29 is 32.5 Å². The van der Waals surface area contributed by atoms with Gasteiger partial charge >= 0.3 is 12.1 Å². The molecule has 1 fully saturated rings. The lowest BCUT2D eigenvalue weighted by molar-refractivity contribution is -0.147. The molecule has 4 rings (SSSR count). The third kappa shape index (κ3) is 4.98. The molecule has 0 spiro atoms. The Morgan fingerprint density at radius 1 is 1.21 bits per heavy atom. The number of allylic oxidation sites excluding steroid dienone is 1. The molecule has 1 aliphatic carbocycles. The number of carbonyl (C=O) groups is 1. The molecule has 1 N–H and O–H groups in total. The molecule has 0 radical (unpaired) electrons. The predicted octanol–water partition coefficient (Wildman–Crippen LogP) is 4.42. The van der Waals surface area contributed by atoms with Crippen LogP contribution in [0.4, 0.5) is 13.2 Å². The van der Waals surface area contributed by atoms with Crippen LogP contribution in [0, 0.1) is 5.92 Å². The molecule has 9 heteroatoms. The fourth-order valence-corrected chi connectivity index (χ4v) is 4.31. The Bertz CT molecular complexity index is 1090. The number of hydrogen-bond acceptors (Lipinski definition) is 5. The monoisotopic (exact) mass is 462 g/mol. The molecule has 6 nitrogen and oxygen atoms in total. The van der Waals surface area contributed by atoms with Crippen LogP contribution in [0.5, 0.6) is 11.5 Å². The van der Waals surface area contributed by atoms with Gasteiger partial charge in [0.05, 0.1) is 13.0 Å². The minimum absolute atomic E-state index is 0.0811. The summed E-state index contributed by atoms with van der Waals surface area (Å²) in [6, 6.07) is 7.81. The van der Waals surface area contributed by atoms with Gasteiger partial charge in [-0.05, 0) is 60.7 Å². The van der Waals surface area contributed by atoms with E-state index in [1.165, 1.54) is 24.3 Å².